The van der Waals surface area contributed by atoms with Crippen LogP contribution in [0.15, 0.2) is 45.3 Å². The molecule has 0 bridgehead atoms. The Labute approximate surface area is 117 Å². The molecule has 0 spiro atoms. The summed E-state index contributed by atoms with van der Waals surface area (Å²) in [4.78, 5) is 0. The van der Waals surface area contributed by atoms with Gasteiger partial charge in [-0.1, -0.05) is 58.6 Å². The molecule has 3 aromatic rings. The summed E-state index contributed by atoms with van der Waals surface area (Å²) in [7, 11) is 0. The molecule has 7 heteroatoms. The van der Waals surface area contributed by atoms with Crippen LogP contribution in [0.1, 0.15) is 5.76 Å². The maximum absolute atomic E-state index is 5.52. The minimum Gasteiger partial charge on any atom is -0.374 e. The van der Waals surface area contributed by atoms with Crippen molar-refractivity contribution in [1.82, 2.24) is 15.4 Å². The Morgan fingerprint density at radius 1 is 1.21 bits per heavy atom. The molecule has 0 amide bonds. The predicted octanol–water partition coefficient (Wildman–Crippen LogP) is 3.07. The van der Waals surface area contributed by atoms with E-state index in [0.717, 1.165) is 21.4 Å². The number of aromatic nitrogens is 3. The van der Waals surface area contributed by atoms with E-state index in [-0.39, 0.29) is 0 Å². The third-order valence-electron chi connectivity index (χ3n) is 2.39. The van der Waals surface area contributed by atoms with Gasteiger partial charge in [0.15, 0.2) is 4.34 Å². The number of nitrogen functional groups attached to an aromatic ring is 1. The molecule has 0 radical (unpaired) electrons. The summed E-state index contributed by atoms with van der Waals surface area (Å²) >= 11 is 2.90. The molecule has 0 aliphatic heterocycles. The molecule has 0 aliphatic carbocycles. The fraction of sp³-hybridized carbons (Fsp3) is 0.0833. The highest BCUT2D eigenvalue weighted by atomic mass is 32.2. The zero-order valence-corrected chi connectivity index (χ0v) is 11.4. The zero-order valence-electron chi connectivity index (χ0n) is 9.81. The van der Waals surface area contributed by atoms with Crippen LogP contribution in [-0.2, 0) is 5.75 Å². The molecule has 0 saturated heterocycles. The van der Waals surface area contributed by atoms with E-state index in [1.165, 1.54) is 23.1 Å². The number of rotatable bonds is 4. The van der Waals surface area contributed by atoms with E-state index in [1.807, 2.05) is 36.4 Å². The average molecular weight is 290 g/mol. The Morgan fingerprint density at radius 3 is 2.79 bits per heavy atom. The van der Waals surface area contributed by atoms with Crippen molar-refractivity contribution >= 4 is 28.2 Å². The van der Waals surface area contributed by atoms with Gasteiger partial charge < -0.3 is 10.3 Å². The fourth-order valence-corrected chi connectivity index (χ4v) is 3.05. The van der Waals surface area contributed by atoms with Gasteiger partial charge in [0.05, 0.1) is 5.75 Å². The van der Waals surface area contributed by atoms with Gasteiger partial charge in [0.1, 0.15) is 11.5 Å². The lowest BCUT2D eigenvalue weighted by atomic mass is 10.1. The monoisotopic (exact) mass is 290 g/mol. The highest BCUT2D eigenvalue weighted by Gasteiger charge is 2.08. The van der Waals surface area contributed by atoms with Crippen molar-refractivity contribution in [3.63, 3.8) is 0 Å². The molecule has 0 unspecified atom stereocenters. The Hall–Kier alpha value is -1.86. The maximum atomic E-state index is 5.52. The molecular weight excluding hydrogens is 280 g/mol. The van der Waals surface area contributed by atoms with Crippen molar-refractivity contribution in [2.75, 3.05) is 5.73 Å². The average Bonchev–Trinajstić information content (AvgIpc) is 3.06. The first-order valence-electron chi connectivity index (χ1n) is 5.54. The Morgan fingerprint density at radius 2 is 2.05 bits per heavy atom. The van der Waals surface area contributed by atoms with Gasteiger partial charge in [0.25, 0.3) is 0 Å². The quantitative estimate of drug-likeness (QED) is 0.744. The molecule has 0 fully saturated rings. The molecule has 0 atom stereocenters. The Bertz CT molecular complexity index is 665. The Balaban J connectivity index is 1.68. The van der Waals surface area contributed by atoms with E-state index in [9.17, 15) is 0 Å². The number of benzene rings is 1. The second-order valence-corrected chi connectivity index (χ2v) is 5.97. The molecule has 0 aliphatic rings. The minimum atomic E-state index is 0.477. The largest absolute Gasteiger partial charge is 0.374 e. The summed E-state index contributed by atoms with van der Waals surface area (Å²) in [6.45, 7) is 0. The summed E-state index contributed by atoms with van der Waals surface area (Å²) in [6.07, 6.45) is 0. The summed E-state index contributed by atoms with van der Waals surface area (Å²) in [5.41, 5.74) is 7.41. The smallest absolute Gasteiger partial charge is 0.203 e. The fourth-order valence-electron chi connectivity index (χ4n) is 1.54. The number of nitrogens with two attached hydrogens (primary N) is 1. The van der Waals surface area contributed by atoms with Crippen LogP contribution in [-0.4, -0.2) is 15.4 Å². The molecule has 5 nitrogen and oxygen atoms in total. The van der Waals surface area contributed by atoms with E-state index < -0.39 is 0 Å². The van der Waals surface area contributed by atoms with E-state index in [0.29, 0.717) is 10.9 Å². The highest BCUT2D eigenvalue weighted by Crippen LogP contribution is 2.28. The Kier molecular flexibility index (Phi) is 3.47. The zero-order chi connectivity index (χ0) is 13.1. The van der Waals surface area contributed by atoms with E-state index >= 15 is 0 Å². The third-order valence-corrected chi connectivity index (χ3v) is 4.30. The van der Waals surface area contributed by atoms with Crippen LogP contribution >= 0.6 is 23.1 Å². The standard InChI is InChI=1S/C12H10N4OS2/c13-11-14-15-12(19-11)18-7-9-6-10(16-17-9)8-4-2-1-3-5-8/h1-6H,7H2,(H2,13,14). The van der Waals surface area contributed by atoms with Gasteiger partial charge >= 0.3 is 0 Å². The molecule has 1 aromatic carbocycles. The van der Waals surface area contributed by atoms with Gasteiger partial charge in [0, 0.05) is 11.6 Å². The van der Waals surface area contributed by atoms with Crippen molar-refractivity contribution in [3.05, 3.63) is 42.2 Å². The summed E-state index contributed by atoms with van der Waals surface area (Å²) < 4.78 is 6.13. The second-order valence-electron chi connectivity index (χ2n) is 3.74. The van der Waals surface area contributed by atoms with Crippen molar-refractivity contribution < 1.29 is 4.52 Å². The summed E-state index contributed by atoms with van der Waals surface area (Å²) in [5, 5.41) is 12.2. The number of hydrogen-bond donors (Lipinski definition) is 1. The number of hydrogen-bond acceptors (Lipinski definition) is 7. The van der Waals surface area contributed by atoms with Gasteiger partial charge in [-0.3, -0.25) is 0 Å². The van der Waals surface area contributed by atoms with Crippen LogP contribution in [0.5, 0.6) is 0 Å². The maximum Gasteiger partial charge on any atom is 0.203 e. The van der Waals surface area contributed by atoms with Gasteiger partial charge in [0.2, 0.25) is 5.13 Å². The molecule has 2 heterocycles. The topological polar surface area (TPSA) is 77.8 Å². The van der Waals surface area contributed by atoms with Gasteiger partial charge in [-0.05, 0) is 0 Å². The first-order valence-corrected chi connectivity index (χ1v) is 7.34. The first kappa shape index (κ1) is 12.2. The lowest BCUT2D eigenvalue weighted by Crippen LogP contribution is -1.80. The van der Waals surface area contributed by atoms with Crippen LogP contribution in [0.2, 0.25) is 0 Å². The van der Waals surface area contributed by atoms with Crippen molar-refractivity contribution in [3.8, 4) is 11.3 Å². The second kappa shape index (κ2) is 5.41. The van der Waals surface area contributed by atoms with Crippen LogP contribution in [0.25, 0.3) is 11.3 Å². The van der Waals surface area contributed by atoms with Gasteiger partial charge in [-0.15, -0.1) is 10.2 Å². The molecule has 3 rings (SSSR count). The van der Waals surface area contributed by atoms with Crippen LogP contribution in [0, 0.1) is 0 Å². The van der Waals surface area contributed by atoms with E-state index in [1.54, 1.807) is 0 Å². The van der Waals surface area contributed by atoms with Crippen molar-refractivity contribution in [2.24, 2.45) is 0 Å². The molecule has 2 aromatic heterocycles. The minimum absolute atomic E-state index is 0.477. The normalized spacial score (nSPS) is 10.7. The summed E-state index contributed by atoms with van der Waals surface area (Å²) in [6, 6.07) is 11.9. The van der Waals surface area contributed by atoms with Crippen LogP contribution in [0.3, 0.4) is 0 Å². The SMILES string of the molecule is Nc1nnc(SCc2cc(-c3ccccc3)no2)s1. The number of thioether (sulfide) groups is 1. The lowest BCUT2D eigenvalue weighted by molar-refractivity contribution is 0.397. The van der Waals surface area contributed by atoms with Crippen molar-refractivity contribution in [1.29, 1.82) is 0 Å². The van der Waals surface area contributed by atoms with E-state index in [4.69, 9.17) is 10.3 Å². The third kappa shape index (κ3) is 2.94. The van der Waals surface area contributed by atoms with E-state index in [2.05, 4.69) is 15.4 Å². The molecule has 96 valence electrons. The molecule has 19 heavy (non-hydrogen) atoms. The predicted molar refractivity (Wildman–Crippen MR) is 75.8 cm³/mol. The number of anilines is 1. The number of nitrogens with zero attached hydrogens (tertiary/aromatic N) is 3. The van der Waals surface area contributed by atoms with Gasteiger partial charge in [-0.25, -0.2) is 0 Å². The summed E-state index contributed by atoms with van der Waals surface area (Å²) in [5.74, 6) is 1.46. The van der Waals surface area contributed by atoms with Crippen molar-refractivity contribution in [2.45, 2.75) is 10.1 Å². The van der Waals surface area contributed by atoms with Crippen LogP contribution < -0.4 is 5.73 Å². The van der Waals surface area contributed by atoms with Crippen LogP contribution in [0.4, 0.5) is 5.13 Å². The highest BCUT2D eigenvalue weighted by molar-refractivity contribution is 8.00. The molecular formula is C12H10N4OS2. The first-order chi connectivity index (χ1) is 9.31. The molecule has 0 saturated carbocycles. The lowest BCUT2D eigenvalue weighted by Gasteiger charge is -1.91. The van der Waals surface area contributed by atoms with Gasteiger partial charge in [-0.2, -0.15) is 0 Å². The molecule has 2 N–H and O–H groups in total.